The molecule has 2 aliphatic rings. The predicted molar refractivity (Wildman–Crippen MR) is 57.5 cm³/mol. The molecule has 0 radical (unpaired) electrons. The Morgan fingerprint density at radius 3 is 2.59 bits per heavy atom. The summed E-state index contributed by atoms with van der Waals surface area (Å²) in [5.74, 6) is -1.23. The van der Waals surface area contributed by atoms with Gasteiger partial charge >= 0.3 is 5.97 Å². The normalized spacial score (nSPS) is 32.6. The molecule has 3 atom stereocenters. The Balaban J connectivity index is 1.71. The van der Waals surface area contributed by atoms with Crippen molar-refractivity contribution in [3.63, 3.8) is 0 Å². The van der Waals surface area contributed by atoms with E-state index in [0.717, 1.165) is 19.4 Å². The summed E-state index contributed by atoms with van der Waals surface area (Å²) in [5, 5.41) is 11.5. The average Bonchev–Trinajstić information content (AvgIpc) is 2.96. The molecular weight excluding hydrogens is 226 g/mol. The van der Waals surface area contributed by atoms with Gasteiger partial charge in [0.2, 0.25) is 5.91 Å². The van der Waals surface area contributed by atoms with Gasteiger partial charge in [0.15, 0.2) is 6.10 Å². The van der Waals surface area contributed by atoms with Crippen molar-refractivity contribution in [3.8, 4) is 0 Å². The van der Waals surface area contributed by atoms with E-state index in [1.807, 2.05) is 0 Å². The molecule has 2 rings (SSSR count). The van der Waals surface area contributed by atoms with Gasteiger partial charge in [-0.05, 0) is 25.7 Å². The minimum atomic E-state index is -1.00. The molecule has 0 spiro atoms. The first kappa shape index (κ1) is 12.3. The second kappa shape index (κ2) is 5.46. The topological polar surface area (TPSA) is 84.9 Å². The van der Waals surface area contributed by atoms with Crippen molar-refractivity contribution in [3.05, 3.63) is 0 Å². The maximum Gasteiger partial charge on any atom is 0.332 e. The summed E-state index contributed by atoms with van der Waals surface area (Å²) in [6, 6.07) is 0. The van der Waals surface area contributed by atoms with E-state index >= 15 is 0 Å². The highest BCUT2D eigenvalue weighted by atomic mass is 16.5. The van der Waals surface area contributed by atoms with E-state index in [9.17, 15) is 9.59 Å². The number of carbonyl (C=O) groups is 2. The van der Waals surface area contributed by atoms with Gasteiger partial charge in [0, 0.05) is 13.2 Å². The molecule has 2 saturated heterocycles. The standard InChI is InChI=1S/C11H17NO5/c13-10(12-6-7-2-1-5-16-7)8-3-4-9(17-8)11(14)15/h7-9H,1-6H2,(H,12,13)(H,14,15)/t7?,8-,9+/m0/s1. The van der Waals surface area contributed by atoms with Crippen LogP contribution >= 0.6 is 0 Å². The summed E-state index contributed by atoms with van der Waals surface area (Å²) in [4.78, 5) is 22.3. The average molecular weight is 243 g/mol. The lowest BCUT2D eigenvalue weighted by atomic mass is 10.2. The van der Waals surface area contributed by atoms with Crippen LogP contribution in [-0.4, -0.2) is 48.4 Å². The first-order chi connectivity index (χ1) is 8.16. The maximum atomic E-state index is 11.7. The Hall–Kier alpha value is -1.14. The van der Waals surface area contributed by atoms with Crippen LogP contribution in [0.3, 0.4) is 0 Å². The molecule has 0 aliphatic carbocycles. The first-order valence-corrected chi connectivity index (χ1v) is 5.94. The minimum absolute atomic E-state index is 0.0932. The van der Waals surface area contributed by atoms with Crippen molar-refractivity contribution >= 4 is 11.9 Å². The number of amides is 1. The van der Waals surface area contributed by atoms with Crippen molar-refractivity contribution < 1.29 is 24.2 Å². The monoisotopic (exact) mass is 243 g/mol. The number of carboxylic acid groups (broad SMARTS) is 1. The number of carboxylic acids is 1. The molecule has 17 heavy (non-hydrogen) atoms. The molecule has 1 unspecified atom stereocenters. The zero-order valence-electron chi connectivity index (χ0n) is 9.55. The van der Waals surface area contributed by atoms with E-state index in [0.29, 0.717) is 19.4 Å². The van der Waals surface area contributed by atoms with E-state index in [4.69, 9.17) is 14.6 Å². The quantitative estimate of drug-likeness (QED) is 0.721. The summed E-state index contributed by atoms with van der Waals surface area (Å²) >= 11 is 0. The molecule has 6 nitrogen and oxygen atoms in total. The van der Waals surface area contributed by atoms with E-state index < -0.39 is 18.2 Å². The second-order valence-electron chi connectivity index (χ2n) is 4.41. The van der Waals surface area contributed by atoms with Crippen LogP contribution in [0.2, 0.25) is 0 Å². The van der Waals surface area contributed by atoms with Crippen LogP contribution in [0.25, 0.3) is 0 Å². The maximum absolute atomic E-state index is 11.7. The van der Waals surface area contributed by atoms with Gasteiger partial charge in [-0.15, -0.1) is 0 Å². The van der Waals surface area contributed by atoms with Crippen molar-refractivity contribution in [2.45, 2.75) is 44.0 Å². The molecule has 1 amide bonds. The summed E-state index contributed by atoms with van der Waals surface area (Å²) < 4.78 is 10.5. The van der Waals surface area contributed by atoms with Gasteiger partial charge in [-0.1, -0.05) is 0 Å². The molecule has 2 aliphatic heterocycles. The van der Waals surface area contributed by atoms with Crippen LogP contribution in [0, 0.1) is 0 Å². The highest BCUT2D eigenvalue weighted by Gasteiger charge is 2.34. The van der Waals surface area contributed by atoms with Crippen LogP contribution in [0.4, 0.5) is 0 Å². The SMILES string of the molecule is O=C(NCC1CCCO1)[C@@H]1CC[C@H](C(=O)O)O1. The zero-order chi connectivity index (χ0) is 12.3. The van der Waals surface area contributed by atoms with Crippen LogP contribution in [0.1, 0.15) is 25.7 Å². The number of hydrogen-bond donors (Lipinski definition) is 2. The van der Waals surface area contributed by atoms with E-state index in [-0.39, 0.29) is 12.0 Å². The smallest absolute Gasteiger partial charge is 0.332 e. The van der Waals surface area contributed by atoms with Crippen LogP contribution < -0.4 is 5.32 Å². The predicted octanol–water partition coefficient (Wildman–Crippen LogP) is -0.0862. The summed E-state index contributed by atoms with van der Waals surface area (Å²) in [7, 11) is 0. The number of ether oxygens (including phenoxy) is 2. The van der Waals surface area contributed by atoms with Crippen molar-refractivity contribution in [2.24, 2.45) is 0 Å². The Labute approximate surface area is 99.3 Å². The van der Waals surface area contributed by atoms with Gasteiger partial charge in [-0.25, -0.2) is 4.79 Å². The molecule has 2 N–H and O–H groups in total. The van der Waals surface area contributed by atoms with E-state index in [1.54, 1.807) is 0 Å². The number of nitrogens with one attached hydrogen (secondary N) is 1. The van der Waals surface area contributed by atoms with Gasteiger partial charge in [0.25, 0.3) is 0 Å². The summed E-state index contributed by atoms with van der Waals surface area (Å²) in [6.45, 7) is 1.23. The Morgan fingerprint density at radius 2 is 2.00 bits per heavy atom. The van der Waals surface area contributed by atoms with Crippen molar-refractivity contribution in [1.82, 2.24) is 5.32 Å². The first-order valence-electron chi connectivity index (χ1n) is 5.94. The fraction of sp³-hybridized carbons (Fsp3) is 0.818. The summed E-state index contributed by atoms with van der Waals surface area (Å²) in [5.41, 5.74) is 0. The van der Waals surface area contributed by atoms with Gasteiger partial charge in [-0.2, -0.15) is 0 Å². The highest BCUT2D eigenvalue weighted by Crippen LogP contribution is 2.20. The van der Waals surface area contributed by atoms with Crippen LogP contribution in [-0.2, 0) is 19.1 Å². The van der Waals surface area contributed by atoms with Crippen LogP contribution in [0.5, 0.6) is 0 Å². The lowest BCUT2D eigenvalue weighted by Crippen LogP contribution is -2.39. The largest absolute Gasteiger partial charge is 0.479 e. The van der Waals surface area contributed by atoms with Crippen molar-refractivity contribution in [1.29, 1.82) is 0 Å². The molecule has 0 aromatic heterocycles. The van der Waals surface area contributed by atoms with Gasteiger partial charge < -0.3 is 19.9 Å². The molecule has 96 valence electrons. The number of rotatable bonds is 4. The number of hydrogen-bond acceptors (Lipinski definition) is 4. The number of aliphatic carboxylic acids is 1. The molecule has 0 aromatic carbocycles. The molecule has 2 heterocycles. The molecule has 2 fully saturated rings. The van der Waals surface area contributed by atoms with E-state index in [2.05, 4.69) is 5.32 Å². The Kier molecular flexibility index (Phi) is 3.96. The third-order valence-electron chi connectivity index (χ3n) is 3.12. The lowest BCUT2D eigenvalue weighted by Gasteiger charge is -2.14. The van der Waals surface area contributed by atoms with E-state index in [1.165, 1.54) is 0 Å². The minimum Gasteiger partial charge on any atom is -0.479 e. The van der Waals surface area contributed by atoms with Gasteiger partial charge in [-0.3, -0.25) is 4.79 Å². The van der Waals surface area contributed by atoms with Gasteiger partial charge in [0.1, 0.15) is 6.10 Å². The molecule has 0 aromatic rings. The Bertz CT molecular complexity index is 300. The fourth-order valence-electron chi connectivity index (χ4n) is 2.15. The third kappa shape index (κ3) is 3.17. The van der Waals surface area contributed by atoms with Gasteiger partial charge in [0.05, 0.1) is 6.10 Å². The highest BCUT2D eigenvalue weighted by molar-refractivity contribution is 5.82. The second-order valence-corrected chi connectivity index (χ2v) is 4.41. The number of carbonyl (C=O) groups excluding carboxylic acids is 1. The molecular formula is C11H17NO5. The fourth-order valence-corrected chi connectivity index (χ4v) is 2.15. The summed E-state index contributed by atoms with van der Waals surface area (Å²) in [6.07, 6.45) is 1.48. The zero-order valence-corrected chi connectivity index (χ0v) is 9.55. The molecule has 0 bridgehead atoms. The van der Waals surface area contributed by atoms with Crippen molar-refractivity contribution in [2.75, 3.05) is 13.2 Å². The third-order valence-corrected chi connectivity index (χ3v) is 3.12. The lowest BCUT2D eigenvalue weighted by molar-refractivity contribution is -0.151. The van der Waals surface area contributed by atoms with Crippen LogP contribution in [0.15, 0.2) is 0 Å². The Morgan fingerprint density at radius 1 is 1.24 bits per heavy atom. The molecule has 0 saturated carbocycles. The molecule has 6 heteroatoms.